The zero-order valence-electron chi connectivity index (χ0n) is 40.7. The molecule has 0 unspecified atom stereocenters. The molecular weight excluding hydrogens is 823 g/mol. The van der Waals surface area contributed by atoms with Crippen LogP contribution in [0.5, 0.6) is 0 Å². The van der Waals surface area contributed by atoms with Crippen LogP contribution >= 0.6 is 0 Å². The number of ketones is 1. The maximum absolute atomic E-state index is 14.2. The van der Waals surface area contributed by atoms with Gasteiger partial charge in [-0.3, -0.25) is 33.6 Å². The molecule has 3 rings (SSSR count). The third kappa shape index (κ3) is 17.7. The summed E-state index contributed by atoms with van der Waals surface area (Å²) >= 11 is 0. The number of carbonyl (C=O) groups excluding carboxylic acids is 7. The Labute approximate surface area is 388 Å². The van der Waals surface area contributed by atoms with E-state index in [1.54, 1.807) is 13.8 Å². The average Bonchev–Trinajstić information content (AvgIpc) is 3.26. The summed E-state index contributed by atoms with van der Waals surface area (Å²) in [7, 11) is 1.47. The lowest BCUT2D eigenvalue weighted by Crippen LogP contribution is -2.60. The van der Waals surface area contributed by atoms with Gasteiger partial charge >= 0.3 is 0 Å². The molecule has 0 aromatic heterocycles. The van der Waals surface area contributed by atoms with Crippen molar-refractivity contribution in [2.75, 3.05) is 13.6 Å². The number of nitrogens with one attached hydrogen (secondary N) is 5. The predicted molar refractivity (Wildman–Crippen MR) is 256 cm³/mol. The molecule has 7 N–H and O–H groups in total. The van der Waals surface area contributed by atoms with Crippen molar-refractivity contribution in [3.8, 4) is 11.1 Å². The van der Waals surface area contributed by atoms with E-state index in [-0.39, 0.29) is 55.3 Å². The van der Waals surface area contributed by atoms with Crippen LogP contribution in [0.15, 0.2) is 54.6 Å². The summed E-state index contributed by atoms with van der Waals surface area (Å²) in [4.78, 5) is 97.0. The van der Waals surface area contributed by atoms with Crippen molar-refractivity contribution in [3.05, 3.63) is 60.2 Å². The maximum atomic E-state index is 14.2. The van der Waals surface area contributed by atoms with E-state index in [9.17, 15) is 33.6 Å². The Morgan fingerprint density at radius 2 is 1.14 bits per heavy atom. The fraction of sp³-hybridized carbons (Fsp3) is 0.627. The van der Waals surface area contributed by atoms with Gasteiger partial charge in [-0.2, -0.15) is 0 Å². The molecule has 0 aliphatic heterocycles. The van der Waals surface area contributed by atoms with Gasteiger partial charge in [-0.05, 0) is 86.4 Å². The van der Waals surface area contributed by atoms with E-state index in [2.05, 4.69) is 26.6 Å². The number of nitrogens with two attached hydrogens (primary N) is 1. The number of amides is 6. The second-order valence-electron chi connectivity index (χ2n) is 19.5. The Hall–Kier alpha value is -5.11. The zero-order chi connectivity index (χ0) is 48.4. The molecule has 1 aliphatic rings. The molecule has 1 aliphatic carbocycles. The van der Waals surface area contributed by atoms with Gasteiger partial charge in [0.15, 0.2) is 5.78 Å². The molecule has 6 amide bonds. The molecule has 7 atom stereocenters. The fourth-order valence-corrected chi connectivity index (χ4v) is 8.45. The summed E-state index contributed by atoms with van der Waals surface area (Å²) in [6.07, 6.45) is 7.09. The van der Waals surface area contributed by atoms with Crippen LogP contribution in [0.1, 0.15) is 126 Å². The molecule has 14 nitrogen and oxygen atoms in total. The lowest BCUT2D eigenvalue weighted by molar-refractivity contribution is -0.143. The summed E-state index contributed by atoms with van der Waals surface area (Å²) < 4.78 is 0. The molecule has 1 saturated carbocycles. The van der Waals surface area contributed by atoms with E-state index in [1.165, 1.54) is 32.2 Å². The van der Waals surface area contributed by atoms with Crippen LogP contribution in [0.4, 0.5) is 0 Å². The van der Waals surface area contributed by atoms with Gasteiger partial charge in [0.2, 0.25) is 35.4 Å². The zero-order valence-corrected chi connectivity index (χ0v) is 40.7. The van der Waals surface area contributed by atoms with Gasteiger partial charge in [0.1, 0.15) is 30.2 Å². The highest BCUT2D eigenvalue weighted by molar-refractivity contribution is 5.97. The number of hydrogen-bond donors (Lipinski definition) is 6. The Morgan fingerprint density at radius 3 is 1.69 bits per heavy atom. The number of nitrogens with zero attached hydrogens (tertiary/aromatic N) is 1. The van der Waals surface area contributed by atoms with Crippen molar-refractivity contribution < 1.29 is 33.6 Å². The van der Waals surface area contributed by atoms with Crippen LogP contribution in [0.2, 0.25) is 0 Å². The van der Waals surface area contributed by atoms with Gasteiger partial charge in [0.25, 0.3) is 0 Å². The standard InChI is InChI=1S/C51H79N7O7/c1-31(2)27-34(7)46(60)55-44(30-38-21-23-40(24-22-38)39-19-15-12-16-20-39)50(64)57-45(33(5)6)51(65)58(10)35(8)47(61)56-43(28-32(3)4)49(63)53-41(25-26-52)48(62)54-42(36(9)59)29-37-17-13-11-14-18-37/h12,15-16,19-24,31-35,37,41-45H,11,13-14,17-18,25-30,52H2,1-10H3,(H,53,63)(H,54,62)(H,55,60)(H,56,61)(H,57,64)/t34-,35-,41-,42-,43+,44-,45-/m0/s1. The second kappa shape index (κ2) is 26.8. The molecule has 2 aromatic rings. The summed E-state index contributed by atoms with van der Waals surface area (Å²) in [5, 5.41) is 14.3. The SMILES string of the molecule is CC(=O)[C@H](CC1CCCCC1)NC(=O)[C@H](CCN)NC(=O)[C@@H](CC(C)C)NC(=O)[C@H](C)N(C)C(=O)[C@@H](NC(=O)[C@H](Cc1ccc(-c2ccccc2)cc1)NC(=O)[C@@H](C)CC(C)C)C(C)C. The van der Waals surface area contributed by atoms with Crippen molar-refractivity contribution >= 4 is 41.2 Å². The fourth-order valence-electron chi connectivity index (χ4n) is 8.45. The second-order valence-corrected chi connectivity index (χ2v) is 19.5. The largest absolute Gasteiger partial charge is 0.345 e. The van der Waals surface area contributed by atoms with Crippen LogP contribution < -0.4 is 32.3 Å². The van der Waals surface area contributed by atoms with Crippen molar-refractivity contribution in [1.29, 1.82) is 0 Å². The van der Waals surface area contributed by atoms with Crippen LogP contribution in [-0.4, -0.2) is 96.0 Å². The normalized spacial score (nSPS) is 16.3. The first-order valence-corrected chi connectivity index (χ1v) is 23.9. The summed E-state index contributed by atoms with van der Waals surface area (Å²) in [6, 6.07) is 11.8. The van der Waals surface area contributed by atoms with Crippen LogP contribution in [-0.2, 0) is 40.0 Å². The molecule has 0 spiro atoms. The minimum absolute atomic E-state index is 0.0378. The quantitative estimate of drug-likeness (QED) is 0.0753. The first-order valence-electron chi connectivity index (χ1n) is 23.9. The molecule has 1 fully saturated rings. The van der Waals surface area contributed by atoms with E-state index in [0.717, 1.165) is 42.4 Å². The predicted octanol–water partition coefficient (Wildman–Crippen LogP) is 5.46. The van der Waals surface area contributed by atoms with Gasteiger partial charge in [0, 0.05) is 19.4 Å². The maximum Gasteiger partial charge on any atom is 0.245 e. The Morgan fingerprint density at radius 1 is 0.615 bits per heavy atom. The van der Waals surface area contributed by atoms with Crippen molar-refractivity contribution in [2.24, 2.45) is 35.3 Å². The van der Waals surface area contributed by atoms with Gasteiger partial charge < -0.3 is 37.2 Å². The monoisotopic (exact) mass is 902 g/mol. The first-order chi connectivity index (χ1) is 30.7. The third-order valence-corrected chi connectivity index (χ3v) is 12.5. The van der Waals surface area contributed by atoms with E-state index in [4.69, 9.17) is 5.73 Å². The molecule has 2 aromatic carbocycles. The minimum atomic E-state index is -1.07. The summed E-state index contributed by atoms with van der Waals surface area (Å²) in [5.74, 6) is -3.37. The van der Waals surface area contributed by atoms with Crippen molar-refractivity contribution in [3.63, 3.8) is 0 Å². The number of Topliss-reactive ketones (excluding diaryl/α,β-unsaturated/α-hetero) is 1. The van der Waals surface area contributed by atoms with Crippen LogP contribution in [0.3, 0.4) is 0 Å². The molecule has 0 radical (unpaired) electrons. The number of likely N-dealkylation sites (N-methyl/N-ethyl adjacent to an activating group) is 1. The number of carbonyl (C=O) groups is 7. The highest BCUT2D eigenvalue weighted by Gasteiger charge is 2.36. The third-order valence-electron chi connectivity index (χ3n) is 12.5. The van der Waals surface area contributed by atoms with E-state index in [1.807, 2.05) is 89.2 Å². The molecule has 0 saturated heterocycles. The lowest BCUT2D eigenvalue weighted by Gasteiger charge is -2.32. The highest BCUT2D eigenvalue weighted by Crippen LogP contribution is 2.28. The molecule has 65 heavy (non-hydrogen) atoms. The highest BCUT2D eigenvalue weighted by atomic mass is 16.2. The topological polar surface area (TPSA) is 209 Å². The molecule has 0 heterocycles. The van der Waals surface area contributed by atoms with E-state index < -0.39 is 71.7 Å². The number of benzene rings is 2. The summed E-state index contributed by atoms with van der Waals surface area (Å²) in [6.45, 7) is 16.3. The van der Waals surface area contributed by atoms with E-state index >= 15 is 0 Å². The average molecular weight is 902 g/mol. The van der Waals surface area contributed by atoms with Crippen LogP contribution in [0.25, 0.3) is 11.1 Å². The van der Waals surface area contributed by atoms with Gasteiger partial charge in [-0.15, -0.1) is 0 Å². The molecule has 360 valence electrons. The molecule has 0 bridgehead atoms. The summed E-state index contributed by atoms with van der Waals surface area (Å²) in [5.41, 5.74) is 8.75. The lowest BCUT2D eigenvalue weighted by atomic mass is 9.84. The number of rotatable bonds is 25. The smallest absolute Gasteiger partial charge is 0.245 e. The van der Waals surface area contributed by atoms with Gasteiger partial charge in [0.05, 0.1) is 6.04 Å². The van der Waals surface area contributed by atoms with Crippen LogP contribution in [0, 0.1) is 29.6 Å². The first kappa shape index (κ1) is 54.2. The van der Waals surface area contributed by atoms with Crippen molar-refractivity contribution in [2.45, 2.75) is 163 Å². The van der Waals surface area contributed by atoms with E-state index in [0.29, 0.717) is 18.8 Å². The Bertz CT molecular complexity index is 1860. The number of hydrogen-bond acceptors (Lipinski definition) is 8. The van der Waals surface area contributed by atoms with Gasteiger partial charge in [-0.1, -0.05) is 135 Å². The van der Waals surface area contributed by atoms with Crippen molar-refractivity contribution in [1.82, 2.24) is 31.5 Å². The Balaban J connectivity index is 1.75. The van der Waals surface area contributed by atoms with Gasteiger partial charge in [-0.25, -0.2) is 0 Å². The molecular formula is C51H79N7O7. The molecule has 14 heteroatoms. The Kier molecular flexibility index (Phi) is 22.3. The minimum Gasteiger partial charge on any atom is -0.345 e.